The van der Waals surface area contributed by atoms with Gasteiger partial charge in [-0.1, -0.05) is 42.5 Å². The maximum absolute atomic E-state index is 14.5. The van der Waals surface area contributed by atoms with Crippen molar-refractivity contribution in [3.63, 3.8) is 0 Å². The highest BCUT2D eigenvalue weighted by atomic mass is 32.2. The number of carbonyl (C=O) groups is 19. The van der Waals surface area contributed by atoms with Gasteiger partial charge in [0.15, 0.2) is 0 Å². The van der Waals surface area contributed by atoms with E-state index in [0.717, 1.165) is 25.7 Å². The number of carbonyl (C=O) groups excluding carboxylic acids is 16. The number of aliphatic hydroxyl groups excluding tert-OH is 2. The largest absolute Gasteiger partial charge is 0.508 e. The number of phenolic OH excluding ortho intramolecular Hbond substituents is 1. The predicted octanol–water partition coefficient (Wildman–Crippen LogP) is -7.54. The van der Waals surface area contributed by atoms with Crippen molar-refractivity contribution in [3.8, 4) is 5.75 Å². The first kappa shape index (κ1) is 90.1. The Kier molecular flexibility index (Phi) is 35.4. The van der Waals surface area contributed by atoms with E-state index in [1.807, 2.05) is 0 Å². The molecule has 0 saturated carbocycles. The number of hydrogen-bond acceptors (Lipinski definition) is 23. The maximum atomic E-state index is 14.5. The number of amides is 16. The number of thioether (sulfide) groups is 1. The summed E-state index contributed by atoms with van der Waals surface area (Å²) in [5, 5.41) is 85.6. The van der Waals surface area contributed by atoms with Crippen molar-refractivity contribution < 1.29 is 122 Å². The van der Waals surface area contributed by atoms with Crippen molar-refractivity contribution in [2.75, 3.05) is 44.8 Å². The molecule has 0 aliphatic carbocycles. The van der Waals surface area contributed by atoms with Crippen LogP contribution in [0.2, 0.25) is 0 Å². The van der Waals surface area contributed by atoms with Gasteiger partial charge in [-0.25, -0.2) is 0 Å². The minimum absolute atomic E-state index is 0.0113. The summed E-state index contributed by atoms with van der Waals surface area (Å²) in [6, 6.07) is -7.59. The summed E-state index contributed by atoms with van der Waals surface area (Å²) >= 11 is 1.31. The zero-order chi connectivity index (χ0) is 82.5. The lowest BCUT2D eigenvalue weighted by atomic mass is 10.0. The third-order valence-corrected chi connectivity index (χ3v) is 18.8. The van der Waals surface area contributed by atoms with Gasteiger partial charge in [-0.15, -0.1) is 0 Å². The summed E-state index contributed by atoms with van der Waals surface area (Å²) in [6.45, 7) is 1.59. The number of phenols is 1. The van der Waals surface area contributed by atoms with Gasteiger partial charge >= 0.3 is 17.9 Å². The van der Waals surface area contributed by atoms with Crippen molar-refractivity contribution >= 4 is 124 Å². The number of likely N-dealkylation sites (tertiary alicyclic amines) is 3. The molecule has 0 spiro atoms. The molecular formula is C69H96N16O25S. The molecule has 2 aromatic carbocycles. The Balaban J connectivity index is 1.24. The molecule has 2 aromatic rings. The highest BCUT2D eigenvalue weighted by Crippen LogP contribution is 2.27. The van der Waals surface area contributed by atoms with E-state index < -0.39 is 249 Å². The molecule has 16 amide bonds. The van der Waals surface area contributed by atoms with Crippen LogP contribution in [0, 0.1) is 0 Å². The molecule has 0 aromatic heterocycles. The number of carboxylic acids is 3. The van der Waals surface area contributed by atoms with Crippen LogP contribution in [0.4, 0.5) is 0 Å². The van der Waals surface area contributed by atoms with Gasteiger partial charge in [0.05, 0.1) is 38.5 Å². The molecule has 0 radical (unpaired) electrons. The summed E-state index contributed by atoms with van der Waals surface area (Å²) in [5.74, 6) is -21.2. The molecule has 3 heterocycles. The fraction of sp³-hybridized carbons (Fsp3) is 0.551. The standard InChI is InChI=1S/C69H96N16O25S/c1-34(58(99)77-45(30-54(94)95)62(103)76-40(20-21-53(92)93)59(100)80-46(31-55(96)97)63(104)78-42(28-38-16-18-39(89)19-17-38)60(101)81-47(33-86)68(109)83-23-8-13-48(83)57(71)98)73-65(106)49-14-9-24-84(49)69(110)50-15-10-25-85(50)67(108)41(22-26-111-4)75-52(91)32-72-66(107)56(35(2)87)82-64(105)43(27-37-11-6-5-7-12-37)79-61(102)44(29-51(70)90)74-36(3)88/h5-7,11-12,16-19,34-35,40-50,56,86-87,89H,8-10,13-15,20-33H2,1-4H3,(H2,70,90)(H2,71,98)(H,72,107)(H,73,106)(H,74,88)(H,75,91)(H,76,103)(H,77,99)(H,78,104)(H,79,102)(H,80,100)(H,81,101)(H,82,105)(H,92,93)(H,94,95)(H,96,97)/t34-,35+,40-,41-,42-,43-,44-,45-,46-,47-,48-,49-,50-,56-/m0/s1. The molecule has 41 nitrogen and oxygen atoms in total. The number of benzene rings is 2. The normalized spacial score (nSPS) is 18.1. The van der Waals surface area contributed by atoms with Gasteiger partial charge in [0.25, 0.3) is 0 Å². The third-order valence-electron chi connectivity index (χ3n) is 18.1. The number of nitrogens with one attached hydrogen (secondary N) is 11. The molecule has 608 valence electrons. The minimum atomic E-state index is -2.16. The smallest absolute Gasteiger partial charge is 0.305 e. The Morgan fingerprint density at radius 1 is 0.495 bits per heavy atom. The van der Waals surface area contributed by atoms with E-state index in [1.165, 1.54) is 45.8 Å². The van der Waals surface area contributed by atoms with Crippen molar-refractivity contribution in [3.05, 3.63) is 65.7 Å². The zero-order valence-electron chi connectivity index (χ0n) is 61.3. The van der Waals surface area contributed by atoms with Gasteiger partial charge in [-0.3, -0.25) is 91.1 Å². The quantitative estimate of drug-likeness (QED) is 0.0293. The second-order valence-electron chi connectivity index (χ2n) is 26.7. The van der Waals surface area contributed by atoms with Crippen molar-refractivity contribution in [1.29, 1.82) is 0 Å². The number of aliphatic hydroxyl groups is 2. The first-order chi connectivity index (χ1) is 52.4. The molecule has 0 unspecified atom stereocenters. The van der Waals surface area contributed by atoms with E-state index >= 15 is 0 Å². The second-order valence-corrected chi connectivity index (χ2v) is 27.7. The molecule has 3 aliphatic rings. The lowest BCUT2D eigenvalue weighted by Gasteiger charge is -2.33. The van der Waals surface area contributed by atoms with Crippen LogP contribution in [0.3, 0.4) is 0 Å². The summed E-state index contributed by atoms with van der Waals surface area (Å²) in [4.78, 5) is 257. The second kappa shape index (κ2) is 43.6. The Hall–Kier alpha value is -11.6. The minimum Gasteiger partial charge on any atom is -0.508 e. The van der Waals surface area contributed by atoms with Gasteiger partial charge in [0, 0.05) is 45.8 Å². The van der Waals surface area contributed by atoms with Gasteiger partial charge < -0.3 is 115 Å². The van der Waals surface area contributed by atoms with Crippen LogP contribution in [0.15, 0.2) is 54.6 Å². The van der Waals surface area contributed by atoms with E-state index in [2.05, 4.69) is 58.5 Å². The van der Waals surface area contributed by atoms with E-state index in [0.29, 0.717) is 24.2 Å². The monoisotopic (exact) mass is 1580 g/mol. The summed E-state index contributed by atoms with van der Waals surface area (Å²) in [6.07, 6.45) is -4.08. The van der Waals surface area contributed by atoms with Crippen LogP contribution < -0.4 is 70.0 Å². The van der Waals surface area contributed by atoms with Crippen LogP contribution in [0.25, 0.3) is 0 Å². The fourth-order valence-corrected chi connectivity index (χ4v) is 13.0. The number of aromatic hydroxyl groups is 1. The fourth-order valence-electron chi connectivity index (χ4n) is 12.5. The Bertz CT molecular complexity index is 3750. The molecule has 0 bridgehead atoms. The number of nitrogens with zero attached hydrogens (tertiary/aromatic N) is 3. The summed E-state index contributed by atoms with van der Waals surface area (Å²) in [5.41, 5.74) is 11.5. The lowest BCUT2D eigenvalue weighted by Crippen LogP contribution is -2.61. The molecule has 3 aliphatic heterocycles. The highest BCUT2D eigenvalue weighted by Gasteiger charge is 2.45. The number of aliphatic carboxylic acids is 3. The van der Waals surface area contributed by atoms with Gasteiger partial charge in [-0.2, -0.15) is 11.8 Å². The molecule has 3 saturated heterocycles. The first-order valence-electron chi connectivity index (χ1n) is 35.4. The molecule has 3 fully saturated rings. The van der Waals surface area contributed by atoms with Crippen molar-refractivity contribution in [2.45, 2.75) is 195 Å². The molecule has 14 atom stereocenters. The predicted molar refractivity (Wildman–Crippen MR) is 386 cm³/mol. The zero-order valence-corrected chi connectivity index (χ0v) is 62.1. The molecular weight excluding hydrogens is 1480 g/mol. The van der Waals surface area contributed by atoms with E-state index in [1.54, 1.807) is 36.6 Å². The average molecular weight is 1580 g/mol. The third kappa shape index (κ3) is 28.1. The summed E-state index contributed by atoms with van der Waals surface area (Å²) < 4.78 is 0. The van der Waals surface area contributed by atoms with E-state index in [-0.39, 0.29) is 69.5 Å². The Labute approximate surface area is 639 Å². The number of hydrogen-bond donors (Lipinski definition) is 19. The van der Waals surface area contributed by atoms with Crippen molar-refractivity contribution in [2.24, 2.45) is 11.5 Å². The van der Waals surface area contributed by atoms with Crippen LogP contribution >= 0.6 is 11.8 Å². The van der Waals surface area contributed by atoms with Crippen molar-refractivity contribution in [1.82, 2.24) is 73.2 Å². The van der Waals surface area contributed by atoms with Gasteiger partial charge in [0.2, 0.25) is 94.5 Å². The Morgan fingerprint density at radius 3 is 1.47 bits per heavy atom. The van der Waals surface area contributed by atoms with Crippen LogP contribution in [0.1, 0.15) is 109 Å². The van der Waals surface area contributed by atoms with Crippen LogP contribution in [-0.4, -0.2) is 287 Å². The number of nitrogens with two attached hydrogens (primary N) is 2. The van der Waals surface area contributed by atoms with Gasteiger partial charge in [0.1, 0.15) is 84.3 Å². The lowest BCUT2D eigenvalue weighted by molar-refractivity contribution is -0.148. The maximum Gasteiger partial charge on any atom is 0.305 e. The highest BCUT2D eigenvalue weighted by molar-refractivity contribution is 7.98. The van der Waals surface area contributed by atoms with E-state index in [9.17, 15) is 122 Å². The molecule has 42 heteroatoms. The molecule has 111 heavy (non-hydrogen) atoms. The average Bonchev–Trinajstić information content (AvgIpc) is 1.67. The SMILES string of the molecule is CSCC[C@H](NC(=O)CNC(=O)[C@@H](NC(=O)[C@H](Cc1ccccc1)NC(=O)[C@H](CC(N)=O)NC(C)=O)[C@@H](C)O)C(=O)N1CCC[C@H]1C(=O)N1CCC[C@H]1C(=O)N[C@@H](C)C(=O)N[C@@H](CC(=O)O)C(=O)N[C@@H](CCC(=O)O)C(=O)N[C@@H](CC(=O)O)C(=O)N[C@@H](Cc1ccc(O)cc1)C(=O)N[C@@H](CO)C(=O)N1CCC[C@H]1C(N)=O. The Morgan fingerprint density at radius 2 is 0.955 bits per heavy atom. The topological polar surface area (TPSA) is 640 Å². The molecule has 21 N–H and O–H groups in total. The van der Waals surface area contributed by atoms with Crippen LogP contribution in [0.5, 0.6) is 5.75 Å². The number of rotatable bonds is 43. The van der Waals surface area contributed by atoms with Crippen LogP contribution in [-0.2, 0) is 104 Å². The van der Waals surface area contributed by atoms with Gasteiger partial charge in [-0.05, 0) is 100 Å². The number of primary amides is 2. The first-order valence-corrected chi connectivity index (χ1v) is 36.8. The number of carboxylic acid groups (broad SMARTS) is 3. The van der Waals surface area contributed by atoms with E-state index in [4.69, 9.17) is 11.5 Å². The molecule has 5 rings (SSSR count). The summed E-state index contributed by atoms with van der Waals surface area (Å²) in [7, 11) is 0.